The Hall–Kier alpha value is -0.680. The van der Waals surface area contributed by atoms with Gasteiger partial charge in [0.25, 0.3) is 0 Å². The lowest BCUT2D eigenvalue weighted by Gasteiger charge is -2.06. The molecule has 0 unspecified atom stereocenters. The number of halogens is 2. The summed E-state index contributed by atoms with van der Waals surface area (Å²) in [6, 6.07) is 4.79. The second-order valence-electron chi connectivity index (χ2n) is 4.02. The van der Waals surface area contributed by atoms with E-state index in [1.54, 1.807) is 19.2 Å². The van der Waals surface area contributed by atoms with Crippen LogP contribution in [-0.2, 0) is 11.3 Å². The van der Waals surface area contributed by atoms with E-state index in [2.05, 4.69) is 10.6 Å². The van der Waals surface area contributed by atoms with E-state index in [-0.39, 0.29) is 10.8 Å². The van der Waals surface area contributed by atoms with E-state index in [0.29, 0.717) is 6.54 Å². The van der Waals surface area contributed by atoms with Gasteiger partial charge in [-0.15, -0.1) is 0 Å². The van der Waals surface area contributed by atoms with Crippen LogP contribution >= 0.6 is 11.6 Å². The maximum absolute atomic E-state index is 12.9. The number of nitrogens with one attached hydrogen (secondary N) is 2. The fourth-order valence-corrected chi connectivity index (χ4v) is 1.72. The zero-order chi connectivity index (χ0) is 13.2. The molecule has 0 heterocycles. The van der Waals surface area contributed by atoms with Crippen molar-refractivity contribution < 1.29 is 9.13 Å². The molecule has 1 aromatic rings. The minimum atomic E-state index is -0.372. The zero-order valence-electron chi connectivity index (χ0n) is 10.6. The molecule has 3 nitrogen and oxygen atoms in total. The molecule has 0 radical (unpaired) electrons. The van der Waals surface area contributed by atoms with E-state index in [4.69, 9.17) is 16.3 Å². The molecular weight excluding hydrogens is 255 g/mol. The third kappa shape index (κ3) is 6.31. The minimum Gasteiger partial charge on any atom is -0.383 e. The van der Waals surface area contributed by atoms with Crippen molar-refractivity contribution in [2.45, 2.75) is 13.0 Å². The lowest BCUT2D eigenvalue weighted by molar-refractivity contribution is 0.199. The van der Waals surface area contributed by atoms with Crippen molar-refractivity contribution in [3.63, 3.8) is 0 Å². The number of hydrogen-bond acceptors (Lipinski definition) is 3. The smallest absolute Gasteiger partial charge is 0.141 e. The highest BCUT2D eigenvalue weighted by molar-refractivity contribution is 6.30. The largest absolute Gasteiger partial charge is 0.383 e. The molecule has 0 aromatic heterocycles. The van der Waals surface area contributed by atoms with E-state index in [1.165, 1.54) is 6.07 Å². The number of methoxy groups -OCH3 is 1. The molecule has 1 aromatic carbocycles. The summed E-state index contributed by atoms with van der Waals surface area (Å²) in [5.74, 6) is -0.372. The third-order valence-corrected chi connectivity index (χ3v) is 2.79. The van der Waals surface area contributed by atoms with Gasteiger partial charge in [0, 0.05) is 20.2 Å². The van der Waals surface area contributed by atoms with Crippen molar-refractivity contribution in [1.82, 2.24) is 10.6 Å². The highest BCUT2D eigenvalue weighted by Crippen LogP contribution is 2.15. The maximum Gasteiger partial charge on any atom is 0.141 e. The number of hydrogen-bond donors (Lipinski definition) is 2. The van der Waals surface area contributed by atoms with E-state index in [0.717, 1.165) is 38.2 Å². The molecule has 5 heteroatoms. The van der Waals surface area contributed by atoms with Crippen LogP contribution in [-0.4, -0.2) is 33.4 Å². The highest BCUT2D eigenvalue weighted by Gasteiger charge is 2.00. The van der Waals surface area contributed by atoms with Gasteiger partial charge in [0.05, 0.1) is 11.6 Å². The molecule has 0 fully saturated rings. The lowest BCUT2D eigenvalue weighted by atomic mass is 10.2. The molecule has 0 spiro atoms. The predicted octanol–water partition coefficient (Wildman–Crippen LogP) is 2.19. The number of benzene rings is 1. The first-order valence-electron chi connectivity index (χ1n) is 6.08. The monoisotopic (exact) mass is 274 g/mol. The predicted molar refractivity (Wildman–Crippen MR) is 72.5 cm³/mol. The molecule has 102 valence electrons. The van der Waals surface area contributed by atoms with Gasteiger partial charge in [-0.2, -0.15) is 0 Å². The molecule has 0 aliphatic heterocycles. The van der Waals surface area contributed by atoms with Gasteiger partial charge in [-0.1, -0.05) is 17.7 Å². The molecular formula is C13H20ClFN2O. The van der Waals surface area contributed by atoms with Crippen molar-refractivity contribution in [2.75, 3.05) is 33.4 Å². The normalized spacial score (nSPS) is 10.8. The summed E-state index contributed by atoms with van der Waals surface area (Å²) >= 11 is 5.70. The summed E-state index contributed by atoms with van der Waals surface area (Å²) < 4.78 is 17.8. The molecule has 0 aliphatic carbocycles. The summed E-state index contributed by atoms with van der Waals surface area (Å²) in [6.07, 6.45) is 1.04. The van der Waals surface area contributed by atoms with Crippen molar-refractivity contribution in [3.05, 3.63) is 34.6 Å². The van der Waals surface area contributed by atoms with Crippen molar-refractivity contribution >= 4 is 11.6 Å². The maximum atomic E-state index is 12.9. The van der Waals surface area contributed by atoms with Crippen molar-refractivity contribution in [1.29, 1.82) is 0 Å². The Kier molecular flexibility index (Phi) is 7.93. The third-order valence-electron chi connectivity index (χ3n) is 2.50. The van der Waals surface area contributed by atoms with Gasteiger partial charge >= 0.3 is 0 Å². The molecule has 18 heavy (non-hydrogen) atoms. The van der Waals surface area contributed by atoms with Crippen molar-refractivity contribution in [3.8, 4) is 0 Å². The average Bonchev–Trinajstić information content (AvgIpc) is 2.37. The van der Waals surface area contributed by atoms with E-state index in [1.807, 2.05) is 0 Å². The first kappa shape index (κ1) is 15.4. The first-order valence-corrected chi connectivity index (χ1v) is 6.46. The Labute approximate surface area is 113 Å². The molecule has 0 saturated heterocycles. The lowest BCUT2D eigenvalue weighted by Crippen LogP contribution is -2.24. The van der Waals surface area contributed by atoms with Gasteiger partial charge < -0.3 is 15.4 Å². The molecule has 0 aliphatic rings. The minimum absolute atomic E-state index is 0.176. The molecule has 0 bridgehead atoms. The Morgan fingerprint density at radius 1 is 1.22 bits per heavy atom. The van der Waals surface area contributed by atoms with Gasteiger partial charge in [-0.05, 0) is 37.2 Å². The standard InChI is InChI=1S/C13H20ClFN2O/c1-18-8-7-16-5-2-6-17-10-11-3-4-13(15)12(14)9-11/h3-4,9,16-17H,2,5-8,10H2,1H3. The summed E-state index contributed by atoms with van der Waals surface area (Å²) in [6.45, 7) is 4.19. The molecule has 0 amide bonds. The number of rotatable bonds is 9. The second kappa shape index (κ2) is 9.28. The SMILES string of the molecule is COCCNCCCNCc1ccc(F)c(Cl)c1. The van der Waals surface area contributed by atoms with Gasteiger partial charge in [-0.3, -0.25) is 0 Å². The van der Waals surface area contributed by atoms with Crippen LogP contribution in [0.5, 0.6) is 0 Å². The van der Waals surface area contributed by atoms with Crippen LogP contribution in [0.15, 0.2) is 18.2 Å². The molecule has 2 N–H and O–H groups in total. The Morgan fingerprint density at radius 2 is 2.00 bits per heavy atom. The van der Waals surface area contributed by atoms with Gasteiger partial charge in [0.2, 0.25) is 0 Å². The van der Waals surface area contributed by atoms with Crippen LogP contribution in [0.3, 0.4) is 0 Å². The molecule has 0 atom stereocenters. The van der Waals surface area contributed by atoms with Gasteiger partial charge in [0.1, 0.15) is 5.82 Å². The summed E-state index contributed by atoms with van der Waals surface area (Å²) in [4.78, 5) is 0. The second-order valence-corrected chi connectivity index (χ2v) is 4.43. The summed E-state index contributed by atoms with van der Waals surface area (Å²) in [7, 11) is 1.69. The van der Waals surface area contributed by atoms with E-state index < -0.39 is 0 Å². The zero-order valence-corrected chi connectivity index (χ0v) is 11.4. The fourth-order valence-electron chi connectivity index (χ4n) is 1.52. The first-order chi connectivity index (χ1) is 8.74. The van der Waals surface area contributed by atoms with E-state index in [9.17, 15) is 4.39 Å². The Balaban J connectivity index is 2.05. The Bertz CT molecular complexity index is 350. The molecule has 1 rings (SSSR count). The van der Waals surface area contributed by atoms with Crippen LogP contribution in [0.2, 0.25) is 5.02 Å². The van der Waals surface area contributed by atoms with Crippen LogP contribution in [0.4, 0.5) is 4.39 Å². The van der Waals surface area contributed by atoms with Gasteiger partial charge in [-0.25, -0.2) is 4.39 Å². The van der Waals surface area contributed by atoms with Crippen LogP contribution < -0.4 is 10.6 Å². The summed E-state index contributed by atoms with van der Waals surface area (Å²) in [5, 5.41) is 6.73. The molecule has 0 saturated carbocycles. The van der Waals surface area contributed by atoms with Gasteiger partial charge in [0.15, 0.2) is 0 Å². The van der Waals surface area contributed by atoms with Crippen molar-refractivity contribution in [2.24, 2.45) is 0 Å². The van der Waals surface area contributed by atoms with Crippen LogP contribution in [0.1, 0.15) is 12.0 Å². The quantitative estimate of drug-likeness (QED) is 0.678. The fraction of sp³-hybridized carbons (Fsp3) is 0.538. The summed E-state index contributed by atoms with van der Waals surface area (Å²) in [5.41, 5.74) is 0.994. The number of ether oxygens (including phenoxy) is 1. The van der Waals surface area contributed by atoms with Crippen LogP contribution in [0.25, 0.3) is 0 Å². The average molecular weight is 275 g/mol. The van der Waals surface area contributed by atoms with Crippen LogP contribution in [0, 0.1) is 5.82 Å². The Morgan fingerprint density at radius 3 is 2.72 bits per heavy atom. The highest BCUT2D eigenvalue weighted by atomic mass is 35.5. The topological polar surface area (TPSA) is 33.3 Å². The van der Waals surface area contributed by atoms with E-state index >= 15 is 0 Å².